The quantitative estimate of drug-likeness (QED) is 0.336. The third kappa shape index (κ3) is 8.38. The van der Waals surface area contributed by atoms with Gasteiger partial charge in [0.2, 0.25) is 0 Å². The van der Waals surface area contributed by atoms with E-state index in [-0.39, 0.29) is 0 Å². The number of ether oxygens (including phenoxy) is 2. The lowest BCUT2D eigenvalue weighted by molar-refractivity contribution is 0.0888. The van der Waals surface area contributed by atoms with Gasteiger partial charge in [-0.2, -0.15) is 0 Å². The molecule has 0 radical (unpaired) electrons. The summed E-state index contributed by atoms with van der Waals surface area (Å²) < 4.78 is 11.1. The van der Waals surface area contributed by atoms with Gasteiger partial charge < -0.3 is 25.0 Å². The van der Waals surface area contributed by atoms with E-state index in [0.29, 0.717) is 11.8 Å². The van der Waals surface area contributed by atoms with Crippen molar-refractivity contribution in [3.8, 4) is 0 Å². The maximum Gasteiger partial charge on any atom is 0.191 e. The Morgan fingerprint density at radius 3 is 2.92 bits per heavy atom. The largest absolute Gasteiger partial charge is 0.381 e. The fraction of sp³-hybridized carbons (Fsp3) is 0.947. The maximum absolute atomic E-state index is 5.75. The van der Waals surface area contributed by atoms with Gasteiger partial charge in [0.15, 0.2) is 5.96 Å². The molecule has 2 unspecified atom stereocenters. The second-order valence-corrected chi connectivity index (χ2v) is 7.26. The van der Waals surface area contributed by atoms with Crippen molar-refractivity contribution in [3.05, 3.63) is 0 Å². The van der Waals surface area contributed by atoms with Crippen molar-refractivity contribution in [2.75, 3.05) is 65.7 Å². The molecule has 2 saturated heterocycles. The summed E-state index contributed by atoms with van der Waals surface area (Å²) >= 11 is 0. The molecular weight excluding hydrogens is 316 g/mol. The molecule has 0 aliphatic carbocycles. The molecule has 0 aromatic heterocycles. The van der Waals surface area contributed by atoms with Gasteiger partial charge in [0.05, 0.1) is 13.2 Å². The molecule has 6 heteroatoms. The highest BCUT2D eigenvalue weighted by Gasteiger charge is 2.21. The van der Waals surface area contributed by atoms with Crippen LogP contribution in [0.5, 0.6) is 0 Å². The number of aliphatic imine (C=N–C) groups is 1. The van der Waals surface area contributed by atoms with E-state index < -0.39 is 0 Å². The molecule has 25 heavy (non-hydrogen) atoms. The summed E-state index contributed by atoms with van der Waals surface area (Å²) in [5.41, 5.74) is 0. The first-order chi connectivity index (χ1) is 12.3. The summed E-state index contributed by atoms with van der Waals surface area (Å²) in [6, 6.07) is 0. The van der Waals surface area contributed by atoms with Crippen molar-refractivity contribution >= 4 is 5.96 Å². The van der Waals surface area contributed by atoms with Crippen LogP contribution in [-0.4, -0.2) is 76.6 Å². The molecule has 2 heterocycles. The van der Waals surface area contributed by atoms with E-state index >= 15 is 0 Å². The van der Waals surface area contributed by atoms with E-state index in [1.54, 1.807) is 0 Å². The lowest BCUT2D eigenvalue weighted by Gasteiger charge is -2.15. The molecule has 0 aromatic rings. The van der Waals surface area contributed by atoms with Gasteiger partial charge in [0.25, 0.3) is 0 Å². The van der Waals surface area contributed by atoms with Gasteiger partial charge in [-0.05, 0) is 51.6 Å². The van der Waals surface area contributed by atoms with Crippen LogP contribution in [0.3, 0.4) is 0 Å². The smallest absolute Gasteiger partial charge is 0.191 e. The molecule has 2 aliphatic rings. The SMILES string of the molecule is CCCN1CCC(CN=C(NCC)NCCCOCC2CCOC2)C1. The van der Waals surface area contributed by atoms with Crippen LogP contribution in [-0.2, 0) is 9.47 Å². The van der Waals surface area contributed by atoms with Crippen molar-refractivity contribution in [1.82, 2.24) is 15.5 Å². The van der Waals surface area contributed by atoms with Crippen molar-refractivity contribution in [2.24, 2.45) is 16.8 Å². The van der Waals surface area contributed by atoms with E-state index in [0.717, 1.165) is 64.9 Å². The average Bonchev–Trinajstić information content (AvgIpc) is 3.28. The van der Waals surface area contributed by atoms with E-state index in [4.69, 9.17) is 14.5 Å². The van der Waals surface area contributed by atoms with Crippen molar-refractivity contribution in [3.63, 3.8) is 0 Å². The number of hydrogen-bond acceptors (Lipinski definition) is 4. The fourth-order valence-corrected chi connectivity index (χ4v) is 3.49. The summed E-state index contributed by atoms with van der Waals surface area (Å²) in [6.07, 6.45) is 4.68. The van der Waals surface area contributed by atoms with Gasteiger partial charge in [-0.15, -0.1) is 0 Å². The van der Waals surface area contributed by atoms with Gasteiger partial charge in [0, 0.05) is 45.3 Å². The molecule has 0 spiro atoms. The van der Waals surface area contributed by atoms with Crippen LogP contribution >= 0.6 is 0 Å². The lowest BCUT2D eigenvalue weighted by atomic mass is 10.1. The maximum atomic E-state index is 5.75. The van der Waals surface area contributed by atoms with E-state index in [1.807, 2.05) is 0 Å². The Kier molecular flexibility index (Phi) is 10.2. The minimum Gasteiger partial charge on any atom is -0.381 e. The van der Waals surface area contributed by atoms with Crippen LogP contribution in [0.1, 0.15) is 39.5 Å². The zero-order valence-electron chi connectivity index (χ0n) is 16.3. The molecule has 2 rings (SSSR count). The van der Waals surface area contributed by atoms with Gasteiger partial charge in [0.1, 0.15) is 0 Å². The number of likely N-dealkylation sites (tertiary alicyclic amines) is 1. The van der Waals surface area contributed by atoms with E-state index in [9.17, 15) is 0 Å². The third-order valence-electron chi connectivity index (χ3n) is 4.90. The van der Waals surface area contributed by atoms with Crippen LogP contribution in [0.4, 0.5) is 0 Å². The van der Waals surface area contributed by atoms with E-state index in [2.05, 4.69) is 29.4 Å². The lowest BCUT2D eigenvalue weighted by Crippen LogP contribution is -2.38. The topological polar surface area (TPSA) is 58.1 Å². The van der Waals surface area contributed by atoms with Gasteiger partial charge in [-0.1, -0.05) is 6.92 Å². The number of nitrogens with zero attached hydrogens (tertiary/aromatic N) is 2. The molecule has 0 saturated carbocycles. The second-order valence-electron chi connectivity index (χ2n) is 7.26. The Bertz CT molecular complexity index is 372. The molecule has 2 aliphatic heterocycles. The summed E-state index contributed by atoms with van der Waals surface area (Å²) in [4.78, 5) is 7.34. The Hall–Kier alpha value is -0.850. The van der Waals surface area contributed by atoms with E-state index in [1.165, 1.54) is 32.5 Å². The van der Waals surface area contributed by atoms with Crippen LogP contribution in [0, 0.1) is 11.8 Å². The number of guanidine groups is 1. The fourth-order valence-electron chi connectivity index (χ4n) is 3.49. The first-order valence-electron chi connectivity index (χ1n) is 10.2. The molecule has 6 nitrogen and oxygen atoms in total. The Balaban J connectivity index is 1.56. The highest BCUT2D eigenvalue weighted by atomic mass is 16.5. The molecule has 2 fully saturated rings. The van der Waals surface area contributed by atoms with Crippen molar-refractivity contribution < 1.29 is 9.47 Å². The standard InChI is InChI=1S/C19H38N4O2/c1-3-9-23-10-6-17(14-23)13-22-19(20-4-2)21-8-5-11-24-15-18-7-12-25-16-18/h17-18H,3-16H2,1-2H3,(H2,20,21,22). The van der Waals surface area contributed by atoms with Crippen molar-refractivity contribution in [2.45, 2.75) is 39.5 Å². The highest BCUT2D eigenvalue weighted by Crippen LogP contribution is 2.16. The summed E-state index contributed by atoms with van der Waals surface area (Å²) in [5.74, 6) is 2.25. The predicted molar refractivity (Wildman–Crippen MR) is 103 cm³/mol. The highest BCUT2D eigenvalue weighted by molar-refractivity contribution is 5.79. The van der Waals surface area contributed by atoms with Gasteiger partial charge in [-0.25, -0.2) is 0 Å². The average molecular weight is 355 g/mol. The van der Waals surface area contributed by atoms with Crippen LogP contribution in [0.25, 0.3) is 0 Å². The second kappa shape index (κ2) is 12.5. The summed E-state index contributed by atoms with van der Waals surface area (Å²) in [5, 5.41) is 6.78. The monoisotopic (exact) mass is 354 g/mol. The van der Waals surface area contributed by atoms with Crippen LogP contribution < -0.4 is 10.6 Å². The Morgan fingerprint density at radius 2 is 2.16 bits per heavy atom. The minimum absolute atomic E-state index is 0.602. The molecule has 0 amide bonds. The predicted octanol–water partition coefficient (Wildman–Crippen LogP) is 1.72. The molecule has 0 aromatic carbocycles. The Morgan fingerprint density at radius 1 is 1.24 bits per heavy atom. The van der Waals surface area contributed by atoms with Gasteiger partial charge >= 0.3 is 0 Å². The van der Waals surface area contributed by atoms with Gasteiger partial charge in [-0.3, -0.25) is 4.99 Å². The van der Waals surface area contributed by atoms with Crippen molar-refractivity contribution in [1.29, 1.82) is 0 Å². The normalized spacial score (nSPS) is 24.8. The molecule has 0 bridgehead atoms. The zero-order chi connectivity index (χ0) is 17.7. The third-order valence-corrected chi connectivity index (χ3v) is 4.90. The first-order valence-corrected chi connectivity index (χ1v) is 10.2. The molecule has 2 atom stereocenters. The zero-order valence-corrected chi connectivity index (χ0v) is 16.3. The molecule has 146 valence electrons. The number of nitrogens with one attached hydrogen (secondary N) is 2. The molecular formula is C19H38N4O2. The number of rotatable bonds is 11. The van der Waals surface area contributed by atoms with Crippen LogP contribution in [0.15, 0.2) is 4.99 Å². The van der Waals surface area contributed by atoms with Crippen LogP contribution in [0.2, 0.25) is 0 Å². The summed E-state index contributed by atoms with van der Waals surface area (Å²) in [7, 11) is 0. The molecule has 2 N–H and O–H groups in total. The first kappa shape index (κ1) is 20.5. The minimum atomic E-state index is 0.602. The summed E-state index contributed by atoms with van der Waals surface area (Å²) in [6.45, 7) is 14.2. The number of hydrogen-bond donors (Lipinski definition) is 2. The Labute approximate surface area is 153 Å².